The maximum atomic E-state index is 11.7. The number of carbonyl (C=O) groups is 1. The summed E-state index contributed by atoms with van der Waals surface area (Å²) in [6, 6.07) is 9.38. The monoisotopic (exact) mass is 286 g/mol. The van der Waals surface area contributed by atoms with Crippen LogP contribution in [-0.4, -0.2) is 22.5 Å². The minimum absolute atomic E-state index is 0.0807. The molecule has 0 bridgehead atoms. The number of benzene rings is 1. The van der Waals surface area contributed by atoms with Gasteiger partial charge in [-0.05, 0) is 38.5 Å². The highest BCUT2D eigenvalue weighted by atomic mass is 16.5. The van der Waals surface area contributed by atoms with Gasteiger partial charge in [0.05, 0.1) is 0 Å². The van der Waals surface area contributed by atoms with Crippen molar-refractivity contribution in [2.24, 2.45) is 0 Å². The van der Waals surface area contributed by atoms with Crippen LogP contribution in [0, 0.1) is 20.8 Å². The second-order valence-electron chi connectivity index (χ2n) is 4.70. The lowest BCUT2D eigenvalue weighted by Gasteiger charge is -2.10. The predicted molar refractivity (Wildman–Crippen MR) is 79.9 cm³/mol. The van der Waals surface area contributed by atoms with E-state index in [2.05, 4.69) is 20.8 Å². The molecule has 0 fully saturated rings. The summed E-state index contributed by atoms with van der Waals surface area (Å²) in [4.78, 5) is 20.0. The van der Waals surface area contributed by atoms with E-state index >= 15 is 0 Å². The van der Waals surface area contributed by atoms with Gasteiger partial charge in [-0.25, -0.2) is 9.97 Å². The van der Waals surface area contributed by atoms with E-state index in [1.54, 1.807) is 0 Å². The third-order valence-corrected chi connectivity index (χ3v) is 2.75. The number of ether oxygens (including phenoxy) is 1. The van der Waals surface area contributed by atoms with E-state index in [1.165, 1.54) is 0 Å². The van der Waals surface area contributed by atoms with Gasteiger partial charge in [0.2, 0.25) is 5.95 Å². The summed E-state index contributed by atoms with van der Waals surface area (Å²) < 4.78 is 5.44. The summed E-state index contributed by atoms with van der Waals surface area (Å²) in [5.41, 5.74) is 7.82. The number of para-hydroxylation sites is 1. The predicted octanol–water partition coefficient (Wildman–Crippen LogP) is 1.92. The Hall–Kier alpha value is -2.63. The van der Waals surface area contributed by atoms with E-state index in [0.717, 1.165) is 17.0 Å². The molecule has 0 radical (unpaired) electrons. The van der Waals surface area contributed by atoms with Crippen molar-refractivity contribution in [3.05, 3.63) is 47.3 Å². The van der Waals surface area contributed by atoms with Gasteiger partial charge in [-0.3, -0.25) is 15.6 Å². The molecule has 0 atom stereocenters. The first-order chi connectivity index (χ1) is 10.0. The van der Waals surface area contributed by atoms with E-state index in [4.69, 9.17) is 4.74 Å². The first-order valence-electron chi connectivity index (χ1n) is 6.60. The zero-order chi connectivity index (χ0) is 15.2. The Kier molecular flexibility index (Phi) is 4.71. The number of rotatable bonds is 5. The number of hydrogen-bond acceptors (Lipinski definition) is 5. The van der Waals surface area contributed by atoms with Gasteiger partial charge in [-0.15, -0.1) is 0 Å². The van der Waals surface area contributed by atoms with Crippen LogP contribution in [-0.2, 0) is 4.79 Å². The number of nitrogens with one attached hydrogen (secondary N) is 2. The van der Waals surface area contributed by atoms with Crippen molar-refractivity contribution < 1.29 is 9.53 Å². The summed E-state index contributed by atoms with van der Waals surface area (Å²) in [7, 11) is 0. The van der Waals surface area contributed by atoms with Crippen molar-refractivity contribution in [3.8, 4) is 5.75 Å². The number of nitrogens with zero attached hydrogens (tertiary/aromatic N) is 2. The Morgan fingerprint density at radius 1 is 1.14 bits per heavy atom. The third kappa shape index (κ3) is 4.45. The van der Waals surface area contributed by atoms with Crippen LogP contribution in [0.2, 0.25) is 0 Å². The molecule has 1 heterocycles. The number of hydrogen-bond donors (Lipinski definition) is 2. The third-order valence-electron chi connectivity index (χ3n) is 2.75. The molecule has 1 aromatic heterocycles. The first-order valence-corrected chi connectivity index (χ1v) is 6.60. The Morgan fingerprint density at radius 3 is 2.48 bits per heavy atom. The van der Waals surface area contributed by atoms with Crippen molar-refractivity contribution in [2.45, 2.75) is 20.8 Å². The van der Waals surface area contributed by atoms with Gasteiger partial charge in [0.1, 0.15) is 5.75 Å². The normalized spacial score (nSPS) is 10.0. The minimum atomic E-state index is -0.305. The van der Waals surface area contributed by atoms with E-state index in [9.17, 15) is 4.79 Å². The molecule has 1 aromatic carbocycles. The number of aryl methyl sites for hydroxylation is 3. The summed E-state index contributed by atoms with van der Waals surface area (Å²) in [5, 5.41) is 0. The van der Waals surface area contributed by atoms with Crippen LogP contribution < -0.4 is 15.6 Å². The van der Waals surface area contributed by atoms with Crippen molar-refractivity contribution >= 4 is 11.9 Å². The first kappa shape index (κ1) is 14.8. The Labute approximate surface area is 123 Å². The Bertz CT molecular complexity index is 623. The van der Waals surface area contributed by atoms with E-state index in [-0.39, 0.29) is 12.5 Å². The van der Waals surface area contributed by atoms with Gasteiger partial charge in [0.15, 0.2) is 6.61 Å². The van der Waals surface area contributed by atoms with Gasteiger partial charge in [-0.2, -0.15) is 0 Å². The minimum Gasteiger partial charge on any atom is -0.483 e. The van der Waals surface area contributed by atoms with E-state index < -0.39 is 0 Å². The van der Waals surface area contributed by atoms with Crippen LogP contribution in [0.3, 0.4) is 0 Å². The standard InChI is InChI=1S/C15H18N4O2/c1-10-6-4-5-7-13(10)21-9-14(20)18-19-15-16-11(2)8-12(3)17-15/h4-8H,9H2,1-3H3,(H,18,20)(H,16,17,19). The molecule has 0 saturated heterocycles. The summed E-state index contributed by atoms with van der Waals surface area (Å²) in [6.45, 7) is 5.57. The van der Waals surface area contributed by atoms with Gasteiger partial charge in [-0.1, -0.05) is 18.2 Å². The zero-order valence-corrected chi connectivity index (χ0v) is 12.3. The van der Waals surface area contributed by atoms with Crippen LogP contribution >= 0.6 is 0 Å². The Balaban J connectivity index is 1.84. The van der Waals surface area contributed by atoms with Crippen LogP contribution in [0.5, 0.6) is 5.75 Å². The zero-order valence-electron chi connectivity index (χ0n) is 12.3. The van der Waals surface area contributed by atoms with Crippen molar-refractivity contribution in [3.63, 3.8) is 0 Å². The molecule has 2 rings (SSSR count). The highest BCUT2D eigenvalue weighted by Gasteiger charge is 2.05. The molecule has 0 aliphatic rings. The second-order valence-corrected chi connectivity index (χ2v) is 4.70. The van der Waals surface area contributed by atoms with Gasteiger partial charge >= 0.3 is 0 Å². The lowest BCUT2D eigenvalue weighted by Crippen LogP contribution is -2.34. The quantitative estimate of drug-likeness (QED) is 0.821. The lowest BCUT2D eigenvalue weighted by atomic mass is 10.2. The van der Waals surface area contributed by atoms with Crippen LogP contribution in [0.15, 0.2) is 30.3 Å². The van der Waals surface area contributed by atoms with Crippen LogP contribution in [0.4, 0.5) is 5.95 Å². The number of aromatic nitrogens is 2. The lowest BCUT2D eigenvalue weighted by molar-refractivity contribution is -0.122. The molecule has 0 spiro atoms. The number of anilines is 1. The van der Waals surface area contributed by atoms with Crippen LogP contribution in [0.1, 0.15) is 17.0 Å². The molecular formula is C15H18N4O2. The molecule has 6 heteroatoms. The van der Waals surface area contributed by atoms with Crippen molar-refractivity contribution in [1.82, 2.24) is 15.4 Å². The molecule has 2 aromatic rings. The molecule has 21 heavy (non-hydrogen) atoms. The average Bonchev–Trinajstić information content (AvgIpc) is 2.43. The fourth-order valence-corrected chi connectivity index (χ4v) is 1.81. The highest BCUT2D eigenvalue weighted by Crippen LogP contribution is 2.15. The maximum absolute atomic E-state index is 11.7. The maximum Gasteiger partial charge on any atom is 0.276 e. The number of hydrazine groups is 1. The number of carbonyl (C=O) groups excluding carboxylic acids is 1. The van der Waals surface area contributed by atoms with Gasteiger partial charge in [0.25, 0.3) is 5.91 Å². The Morgan fingerprint density at radius 2 is 1.81 bits per heavy atom. The number of amides is 1. The van der Waals surface area contributed by atoms with Crippen molar-refractivity contribution in [2.75, 3.05) is 12.0 Å². The molecule has 6 nitrogen and oxygen atoms in total. The van der Waals surface area contributed by atoms with Crippen LogP contribution in [0.25, 0.3) is 0 Å². The molecule has 1 amide bonds. The highest BCUT2D eigenvalue weighted by molar-refractivity contribution is 5.78. The molecule has 0 aliphatic carbocycles. The molecular weight excluding hydrogens is 268 g/mol. The summed E-state index contributed by atoms with van der Waals surface area (Å²) in [6.07, 6.45) is 0. The van der Waals surface area contributed by atoms with Gasteiger partial charge in [0, 0.05) is 11.4 Å². The van der Waals surface area contributed by atoms with E-state index in [0.29, 0.717) is 11.7 Å². The van der Waals surface area contributed by atoms with E-state index in [1.807, 2.05) is 51.1 Å². The molecule has 0 unspecified atom stereocenters. The fourth-order valence-electron chi connectivity index (χ4n) is 1.81. The topological polar surface area (TPSA) is 76.1 Å². The fraction of sp³-hybridized carbons (Fsp3) is 0.267. The molecule has 110 valence electrons. The SMILES string of the molecule is Cc1cc(C)nc(NNC(=O)COc2ccccc2C)n1. The summed E-state index contributed by atoms with van der Waals surface area (Å²) in [5.74, 6) is 0.744. The molecule has 0 aliphatic heterocycles. The van der Waals surface area contributed by atoms with Gasteiger partial charge < -0.3 is 4.74 Å². The average molecular weight is 286 g/mol. The smallest absolute Gasteiger partial charge is 0.276 e. The summed E-state index contributed by atoms with van der Waals surface area (Å²) >= 11 is 0. The second kappa shape index (κ2) is 6.69. The van der Waals surface area contributed by atoms with Crippen molar-refractivity contribution in [1.29, 1.82) is 0 Å². The molecule has 2 N–H and O–H groups in total. The largest absolute Gasteiger partial charge is 0.483 e. The molecule has 0 saturated carbocycles.